The number of aromatic hydroxyl groups is 1. The van der Waals surface area contributed by atoms with Crippen LogP contribution in [0.5, 0.6) is 5.75 Å². The van der Waals surface area contributed by atoms with Crippen molar-refractivity contribution in [2.45, 2.75) is 6.18 Å². The average Bonchev–Trinajstić information content (AvgIpc) is 2.33. The van der Waals surface area contributed by atoms with Crippen molar-refractivity contribution in [2.24, 2.45) is 5.10 Å². The zero-order chi connectivity index (χ0) is 14.6. The lowest BCUT2D eigenvalue weighted by Gasteiger charge is -2.11. The molecule has 0 spiro atoms. The number of phenols is 1. The normalized spacial score (nSPS) is 10.2. The molecule has 1 rings (SSSR count). The first kappa shape index (κ1) is 14.6. The molecule has 0 aliphatic rings. The Morgan fingerprint density at radius 3 is 2.37 bits per heavy atom. The zero-order valence-corrected chi connectivity index (χ0v) is 9.71. The van der Waals surface area contributed by atoms with E-state index in [4.69, 9.17) is 22.1 Å². The number of halogens is 4. The van der Waals surface area contributed by atoms with E-state index in [1.54, 1.807) is 0 Å². The Kier molecular flexibility index (Phi) is 4.20. The molecule has 0 aromatic heterocycles. The van der Waals surface area contributed by atoms with Gasteiger partial charge in [0.15, 0.2) is 5.75 Å². The van der Waals surface area contributed by atoms with Gasteiger partial charge in [-0.2, -0.15) is 28.8 Å². The average molecular weight is 289 g/mol. The number of hydrazone groups is 1. The molecule has 0 saturated heterocycles. The highest BCUT2D eigenvalue weighted by Gasteiger charge is 2.32. The number of alkyl halides is 3. The van der Waals surface area contributed by atoms with Gasteiger partial charge in [0, 0.05) is 0 Å². The molecule has 1 aromatic rings. The van der Waals surface area contributed by atoms with Crippen LogP contribution in [0.25, 0.3) is 0 Å². The van der Waals surface area contributed by atoms with Crippen LogP contribution in [0, 0.1) is 22.7 Å². The van der Waals surface area contributed by atoms with Crippen LogP contribution in [-0.4, -0.2) is 10.8 Å². The van der Waals surface area contributed by atoms with Gasteiger partial charge in [0.25, 0.3) is 0 Å². The van der Waals surface area contributed by atoms with Crippen LogP contribution < -0.4 is 5.43 Å². The molecule has 19 heavy (non-hydrogen) atoms. The summed E-state index contributed by atoms with van der Waals surface area (Å²) in [6, 6.07) is 3.88. The number of phenolic OH excluding ortho intramolecular Hbond substituents is 1. The summed E-state index contributed by atoms with van der Waals surface area (Å²) in [5.41, 5.74) is -0.218. The summed E-state index contributed by atoms with van der Waals surface area (Å²) in [6.07, 6.45) is -4.66. The molecule has 0 fully saturated rings. The highest BCUT2D eigenvalue weighted by molar-refractivity contribution is 6.32. The van der Waals surface area contributed by atoms with Crippen molar-refractivity contribution in [3.8, 4) is 17.9 Å². The van der Waals surface area contributed by atoms with E-state index in [9.17, 15) is 18.3 Å². The van der Waals surface area contributed by atoms with Gasteiger partial charge in [-0.1, -0.05) is 11.6 Å². The fourth-order valence-electron chi connectivity index (χ4n) is 1.04. The van der Waals surface area contributed by atoms with Gasteiger partial charge in [-0.15, -0.1) is 0 Å². The smallest absolute Gasteiger partial charge is 0.416 e. The minimum atomic E-state index is -4.66. The lowest BCUT2D eigenvalue weighted by molar-refractivity contribution is -0.137. The van der Waals surface area contributed by atoms with Crippen molar-refractivity contribution in [2.75, 3.05) is 5.43 Å². The van der Waals surface area contributed by atoms with E-state index in [2.05, 4.69) is 5.10 Å². The van der Waals surface area contributed by atoms with Crippen LogP contribution in [0.4, 0.5) is 18.9 Å². The van der Waals surface area contributed by atoms with E-state index < -0.39 is 33.9 Å². The third-order valence-corrected chi connectivity index (χ3v) is 2.18. The number of hydrogen-bond donors (Lipinski definition) is 2. The van der Waals surface area contributed by atoms with Gasteiger partial charge >= 0.3 is 6.18 Å². The molecule has 0 heterocycles. The third-order valence-electron chi connectivity index (χ3n) is 1.89. The molecule has 0 amide bonds. The molecule has 5 nitrogen and oxygen atoms in total. The quantitative estimate of drug-likeness (QED) is 0.497. The van der Waals surface area contributed by atoms with Crippen molar-refractivity contribution in [3.05, 3.63) is 22.7 Å². The summed E-state index contributed by atoms with van der Waals surface area (Å²) in [7, 11) is 0. The summed E-state index contributed by atoms with van der Waals surface area (Å²) in [6.45, 7) is 0. The first-order valence-corrected chi connectivity index (χ1v) is 4.91. The second-order valence-electron chi connectivity index (χ2n) is 3.15. The molecule has 0 atom stereocenters. The van der Waals surface area contributed by atoms with Gasteiger partial charge < -0.3 is 5.11 Å². The molecule has 0 unspecified atom stereocenters. The fourth-order valence-corrected chi connectivity index (χ4v) is 1.26. The van der Waals surface area contributed by atoms with Crippen molar-refractivity contribution < 1.29 is 18.3 Å². The molecule has 0 radical (unpaired) electrons. The van der Waals surface area contributed by atoms with Crippen LogP contribution >= 0.6 is 11.6 Å². The minimum absolute atomic E-state index is 0.470. The molecular weight excluding hydrogens is 285 g/mol. The van der Waals surface area contributed by atoms with Crippen molar-refractivity contribution >= 4 is 23.0 Å². The highest BCUT2D eigenvalue weighted by Crippen LogP contribution is 2.39. The van der Waals surface area contributed by atoms with Crippen LogP contribution in [0.15, 0.2) is 17.2 Å². The van der Waals surface area contributed by atoms with E-state index in [1.807, 2.05) is 5.43 Å². The SMILES string of the molecule is N#CC(C#N)=NNc1cc(C(F)(F)F)cc(Cl)c1O. The zero-order valence-electron chi connectivity index (χ0n) is 8.96. The molecule has 9 heteroatoms. The Labute approximate surface area is 110 Å². The minimum Gasteiger partial charge on any atom is -0.504 e. The second kappa shape index (κ2) is 5.46. The molecule has 2 N–H and O–H groups in total. The molecule has 0 aliphatic heterocycles. The first-order valence-electron chi connectivity index (χ1n) is 4.53. The second-order valence-corrected chi connectivity index (χ2v) is 3.56. The molecular formula is C10H4ClF3N4O. The van der Waals surface area contributed by atoms with Gasteiger partial charge in [0.2, 0.25) is 5.71 Å². The third kappa shape index (κ3) is 3.50. The van der Waals surface area contributed by atoms with E-state index in [0.717, 1.165) is 0 Å². The molecule has 0 aliphatic carbocycles. The number of rotatable bonds is 2. The van der Waals surface area contributed by atoms with Crippen LogP contribution in [-0.2, 0) is 6.18 Å². The summed E-state index contributed by atoms with van der Waals surface area (Å²) >= 11 is 5.44. The predicted octanol–water partition coefficient (Wildman–Crippen LogP) is 2.88. The fraction of sp³-hybridized carbons (Fsp3) is 0.100. The standard InChI is InChI=1S/C10H4ClF3N4O/c11-7-1-5(10(12,13)14)2-8(9(7)19)18-17-6(3-15)4-16/h1-2,18-19H. The van der Waals surface area contributed by atoms with Gasteiger partial charge in [-0.3, -0.25) is 5.43 Å². The van der Waals surface area contributed by atoms with E-state index in [-0.39, 0.29) is 0 Å². The maximum Gasteiger partial charge on any atom is 0.416 e. The topological polar surface area (TPSA) is 92.2 Å². The first-order chi connectivity index (χ1) is 8.79. The molecule has 0 bridgehead atoms. The van der Waals surface area contributed by atoms with Crippen LogP contribution in [0.2, 0.25) is 5.02 Å². The summed E-state index contributed by atoms with van der Waals surface area (Å²) in [5.74, 6) is -0.673. The maximum absolute atomic E-state index is 12.5. The lowest BCUT2D eigenvalue weighted by atomic mass is 10.2. The van der Waals surface area contributed by atoms with Crippen LogP contribution in [0.1, 0.15) is 5.56 Å². The molecule has 1 aromatic carbocycles. The van der Waals surface area contributed by atoms with E-state index >= 15 is 0 Å². The summed E-state index contributed by atoms with van der Waals surface area (Å²) < 4.78 is 37.5. The van der Waals surface area contributed by atoms with Gasteiger partial charge in [0.05, 0.1) is 10.6 Å². The Morgan fingerprint density at radius 1 is 1.32 bits per heavy atom. The Balaban J connectivity index is 3.23. The van der Waals surface area contributed by atoms with Gasteiger partial charge in [-0.05, 0) is 12.1 Å². The predicted molar refractivity (Wildman–Crippen MR) is 60.4 cm³/mol. The Morgan fingerprint density at radius 2 is 1.89 bits per heavy atom. The number of anilines is 1. The van der Waals surface area contributed by atoms with E-state index in [0.29, 0.717) is 12.1 Å². The Hall–Kier alpha value is -2.45. The number of benzene rings is 1. The number of hydrogen-bond acceptors (Lipinski definition) is 5. The van der Waals surface area contributed by atoms with Gasteiger partial charge in [-0.25, -0.2) is 0 Å². The van der Waals surface area contributed by atoms with Crippen molar-refractivity contribution in [3.63, 3.8) is 0 Å². The van der Waals surface area contributed by atoms with Crippen molar-refractivity contribution in [1.82, 2.24) is 0 Å². The number of nitrogens with zero attached hydrogens (tertiary/aromatic N) is 3. The largest absolute Gasteiger partial charge is 0.504 e. The van der Waals surface area contributed by atoms with Gasteiger partial charge in [0.1, 0.15) is 17.8 Å². The Bertz CT molecular complexity index is 597. The van der Waals surface area contributed by atoms with Crippen molar-refractivity contribution in [1.29, 1.82) is 10.5 Å². The molecule has 0 saturated carbocycles. The lowest BCUT2D eigenvalue weighted by Crippen LogP contribution is -2.06. The highest BCUT2D eigenvalue weighted by atomic mass is 35.5. The number of nitrogens with one attached hydrogen (secondary N) is 1. The maximum atomic E-state index is 12.5. The van der Waals surface area contributed by atoms with Crippen LogP contribution in [0.3, 0.4) is 0 Å². The summed E-state index contributed by atoms with van der Waals surface area (Å²) in [4.78, 5) is 0. The molecule has 98 valence electrons. The monoisotopic (exact) mass is 288 g/mol. The van der Waals surface area contributed by atoms with E-state index in [1.165, 1.54) is 12.1 Å². The number of nitriles is 2. The summed E-state index contributed by atoms with van der Waals surface area (Å²) in [5, 5.41) is 28.9.